The van der Waals surface area contributed by atoms with Crippen LogP contribution in [0.1, 0.15) is 20.7 Å². The summed E-state index contributed by atoms with van der Waals surface area (Å²) in [5.74, 6) is -8.03. The van der Waals surface area contributed by atoms with Crippen LogP contribution in [0.4, 0.5) is 22.0 Å². The maximum Gasteiger partial charge on any atom is 0.257 e. The third-order valence-corrected chi connectivity index (χ3v) is 4.28. The van der Waals surface area contributed by atoms with Gasteiger partial charge in [0.05, 0.1) is 11.1 Å². The molecule has 3 rings (SSSR count). The number of hydrogen-bond acceptors (Lipinski definition) is 2. The van der Waals surface area contributed by atoms with Gasteiger partial charge < -0.3 is 9.80 Å². The summed E-state index contributed by atoms with van der Waals surface area (Å²) < 4.78 is 66.8. The molecule has 0 radical (unpaired) electrons. The molecule has 0 unspecified atom stereocenters. The maximum absolute atomic E-state index is 13.8. The van der Waals surface area contributed by atoms with Crippen LogP contribution in [0.2, 0.25) is 0 Å². The molecule has 2 aromatic rings. The van der Waals surface area contributed by atoms with Crippen LogP contribution in [-0.2, 0) is 0 Å². The number of piperazine rings is 1. The molecular weight excluding hydrogens is 371 g/mol. The van der Waals surface area contributed by atoms with Crippen LogP contribution in [0.3, 0.4) is 0 Å². The Morgan fingerprint density at radius 1 is 0.667 bits per heavy atom. The molecule has 0 atom stereocenters. The average molecular weight is 384 g/mol. The van der Waals surface area contributed by atoms with Crippen molar-refractivity contribution < 1.29 is 31.5 Å². The summed E-state index contributed by atoms with van der Waals surface area (Å²) in [5.41, 5.74) is -0.916. The Labute approximate surface area is 150 Å². The third kappa shape index (κ3) is 3.62. The monoisotopic (exact) mass is 384 g/mol. The molecule has 0 aliphatic carbocycles. The topological polar surface area (TPSA) is 40.6 Å². The van der Waals surface area contributed by atoms with Crippen LogP contribution in [0.25, 0.3) is 0 Å². The molecule has 2 amide bonds. The fourth-order valence-corrected chi connectivity index (χ4v) is 2.81. The Morgan fingerprint density at radius 2 is 1.19 bits per heavy atom. The molecule has 1 saturated heterocycles. The first-order chi connectivity index (χ1) is 12.8. The predicted octanol–water partition coefficient (Wildman–Crippen LogP) is 2.98. The molecule has 1 aliphatic heterocycles. The van der Waals surface area contributed by atoms with Gasteiger partial charge in [0, 0.05) is 32.2 Å². The van der Waals surface area contributed by atoms with Gasteiger partial charge >= 0.3 is 0 Å². The minimum absolute atomic E-state index is 0.00811. The van der Waals surface area contributed by atoms with E-state index in [9.17, 15) is 31.5 Å². The molecule has 4 nitrogen and oxygen atoms in total. The van der Waals surface area contributed by atoms with Gasteiger partial charge in [0.1, 0.15) is 11.6 Å². The first-order valence-electron chi connectivity index (χ1n) is 7.96. The molecule has 0 N–H and O–H groups in total. The van der Waals surface area contributed by atoms with Crippen LogP contribution in [0.15, 0.2) is 30.3 Å². The Kier molecular flexibility index (Phi) is 5.11. The molecule has 1 aliphatic rings. The van der Waals surface area contributed by atoms with E-state index in [1.54, 1.807) is 0 Å². The van der Waals surface area contributed by atoms with Gasteiger partial charge in [-0.25, -0.2) is 22.0 Å². The summed E-state index contributed by atoms with van der Waals surface area (Å²) in [4.78, 5) is 27.1. The van der Waals surface area contributed by atoms with Crippen molar-refractivity contribution >= 4 is 11.8 Å². The van der Waals surface area contributed by atoms with Gasteiger partial charge in [-0.3, -0.25) is 9.59 Å². The SMILES string of the molecule is O=C(c1ccc(F)cc1F)N1CCN(C(=O)c2ccc(F)c(F)c2F)CC1. The number of rotatable bonds is 2. The van der Waals surface area contributed by atoms with Crippen molar-refractivity contribution in [2.45, 2.75) is 0 Å². The molecule has 27 heavy (non-hydrogen) atoms. The Hall–Kier alpha value is -2.97. The van der Waals surface area contributed by atoms with Crippen LogP contribution in [-0.4, -0.2) is 47.8 Å². The first-order valence-corrected chi connectivity index (χ1v) is 7.96. The lowest BCUT2D eigenvalue weighted by Gasteiger charge is -2.35. The van der Waals surface area contributed by atoms with Gasteiger partial charge in [0.2, 0.25) is 0 Å². The summed E-state index contributed by atoms with van der Waals surface area (Å²) in [6, 6.07) is 4.09. The van der Waals surface area contributed by atoms with Gasteiger partial charge in [-0.05, 0) is 24.3 Å². The Balaban J connectivity index is 1.69. The zero-order valence-electron chi connectivity index (χ0n) is 13.8. The number of nitrogens with zero attached hydrogens (tertiary/aromatic N) is 2. The second-order valence-corrected chi connectivity index (χ2v) is 5.93. The minimum Gasteiger partial charge on any atom is -0.335 e. The van der Waals surface area contributed by atoms with Crippen LogP contribution < -0.4 is 0 Å². The summed E-state index contributed by atoms with van der Waals surface area (Å²) in [5, 5.41) is 0. The van der Waals surface area contributed by atoms with E-state index in [0.29, 0.717) is 12.1 Å². The molecule has 2 aromatic carbocycles. The number of amides is 2. The van der Waals surface area contributed by atoms with Gasteiger partial charge in [0.25, 0.3) is 11.8 Å². The molecule has 9 heteroatoms. The highest BCUT2D eigenvalue weighted by atomic mass is 19.2. The van der Waals surface area contributed by atoms with Crippen molar-refractivity contribution in [3.63, 3.8) is 0 Å². The average Bonchev–Trinajstić information content (AvgIpc) is 2.65. The van der Waals surface area contributed by atoms with Crippen molar-refractivity contribution in [1.82, 2.24) is 9.80 Å². The predicted molar refractivity (Wildman–Crippen MR) is 84.5 cm³/mol. The van der Waals surface area contributed by atoms with Crippen LogP contribution in [0.5, 0.6) is 0 Å². The summed E-state index contributed by atoms with van der Waals surface area (Å²) in [6.45, 7) is 0.0248. The first kappa shape index (κ1) is 18.8. The van der Waals surface area contributed by atoms with E-state index in [4.69, 9.17) is 0 Å². The number of carbonyl (C=O) groups is 2. The lowest BCUT2D eigenvalue weighted by Crippen LogP contribution is -2.50. The normalized spacial score (nSPS) is 14.4. The van der Waals surface area contributed by atoms with E-state index in [1.807, 2.05) is 0 Å². The van der Waals surface area contributed by atoms with E-state index < -0.39 is 46.5 Å². The number of halogens is 5. The zero-order chi connectivity index (χ0) is 19.7. The van der Waals surface area contributed by atoms with Crippen molar-refractivity contribution in [1.29, 1.82) is 0 Å². The van der Waals surface area contributed by atoms with Gasteiger partial charge in [-0.1, -0.05) is 0 Å². The molecule has 1 fully saturated rings. The molecule has 1 heterocycles. The Morgan fingerprint density at radius 3 is 1.74 bits per heavy atom. The molecule has 142 valence electrons. The number of carbonyl (C=O) groups excluding carboxylic acids is 2. The lowest BCUT2D eigenvalue weighted by molar-refractivity contribution is 0.0529. The van der Waals surface area contributed by atoms with Crippen molar-refractivity contribution in [2.75, 3.05) is 26.2 Å². The Bertz CT molecular complexity index is 911. The quantitative estimate of drug-likeness (QED) is 0.590. The summed E-state index contributed by atoms with van der Waals surface area (Å²) in [7, 11) is 0. The number of benzene rings is 2. The van der Waals surface area contributed by atoms with Crippen molar-refractivity contribution in [2.24, 2.45) is 0 Å². The number of hydrogen-bond donors (Lipinski definition) is 0. The zero-order valence-corrected chi connectivity index (χ0v) is 13.8. The van der Waals surface area contributed by atoms with Gasteiger partial charge in [-0.2, -0.15) is 0 Å². The van der Waals surface area contributed by atoms with E-state index in [1.165, 1.54) is 9.80 Å². The van der Waals surface area contributed by atoms with E-state index in [-0.39, 0.29) is 31.7 Å². The highest BCUT2D eigenvalue weighted by Gasteiger charge is 2.29. The largest absolute Gasteiger partial charge is 0.335 e. The molecule has 0 bridgehead atoms. The second kappa shape index (κ2) is 7.34. The summed E-state index contributed by atoms with van der Waals surface area (Å²) in [6.07, 6.45) is 0. The maximum atomic E-state index is 13.8. The van der Waals surface area contributed by atoms with E-state index in [0.717, 1.165) is 18.2 Å². The third-order valence-electron chi connectivity index (χ3n) is 4.28. The van der Waals surface area contributed by atoms with Gasteiger partial charge in [-0.15, -0.1) is 0 Å². The van der Waals surface area contributed by atoms with E-state index >= 15 is 0 Å². The van der Waals surface area contributed by atoms with Crippen molar-refractivity contribution in [3.8, 4) is 0 Å². The highest BCUT2D eigenvalue weighted by Crippen LogP contribution is 2.19. The van der Waals surface area contributed by atoms with Crippen molar-refractivity contribution in [3.05, 3.63) is 70.5 Å². The highest BCUT2D eigenvalue weighted by molar-refractivity contribution is 5.96. The summed E-state index contributed by atoms with van der Waals surface area (Å²) >= 11 is 0. The second-order valence-electron chi connectivity index (χ2n) is 5.93. The standard InChI is InChI=1S/C18H13F5N2O2/c19-10-1-2-11(14(21)9-10)17(26)24-5-7-25(8-6-24)18(27)12-3-4-13(20)16(23)15(12)22/h1-4,9H,5-8H2. The smallest absolute Gasteiger partial charge is 0.257 e. The van der Waals surface area contributed by atoms with E-state index in [2.05, 4.69) is 0 Å². The molecule has 0 spiro atoms. The molecular formula is C18H13F5N2O2. The fraction of sp³-hybridized carbons (Fsp3) is 0.222. The van der Waals surface area contributed by atoms with Crippen LogP contribution in [0, 0.1) is 29.1 Å². The van der Waals surface area contributed by atoms with Gasteiger partial charge in [0.15, 0.2) is 17.5 Å². The minimum atomic E-state index is -1.73. The molecule has 0 aromatic heterocycles. The van der Waals surface area contributed by atoms with Crippen LogP contribution >= 0.6 is 0 Å². The molecule has 0 saturated carbocycles. The lowest BCUT2D eigenvalue weighted by atomic mass is 10.1. The fourth-order valence-electron chi connectivity index (χ4n) is 2.81.